The number of hydrogen-bond donors (Lipinski definition) is 1. The van der Waals surface area contributed by atoms with Gasteiger partial charge in [-0.3, -0.25) is 4.90 Å². The van der Waals surface area contributed by atoms with Gasteiger partial charge in [-0.05, 0) is 37.0 Å². The first-order valence-corrected chi connectivity index (χ1v) is 9.71. The predicted octanol–water partition coefficient (Wildman–Crippen LogP) is 5.58. The van der Waals surface area contributed by atoms with Crippen LogP contribution in [0.25, 0.3) is 0 Å². The van der Waals surface area contributed by atoms with Gasteiger partial charge in [0.15, 0.2) is 0 Å². The molecule has 2 heteroatoms. The first kappa shape index (κ1) is 21.2. The Balaban J connectivity index is 0.000000730. The molecule has 1 heterocycles. The lowest BCUT2D eigenvalue weighted by molar-refractivity contribution is 0.0138. The maximum Gasteiger partial charge on any atom is 0.134 e. The second-order valence-corrected chi connectivity index (χ2v) is 5.65. The number of aliphatic hydroxyl groups excluding tert-OH is 1. The molecule has 0 aromatic heterocycles. The molecule has 2 aliphatic rings. The Labute approximate surface area is 154 Å². The van der Waals surface area contributed by atoms with Crippen LogP contribution in [0, 0.1) is 11.8 Å². The molecule has 3 rings (SSSR count). The predicted molar refractivity (Wildman–Crippen MR) is 108 cm³/mol. The number of rotatable bonds is 2. The third-order valence-electron chi connectivity index (χ3n) is 4.00. The Kier molecular flexibility index (Phi) is 9.92. The average molecular weight is 340 g/mol. The van der Waals surface area contributed by atoms with E-state index in [4.69, 9.17) is 0 Å². The van der Waals surface area contributed by atoms with Crippen LogP contribution >= 0.6 is 0 Å². The van der Waals surface area contributed by atoms with E-state index in [9.17, 15) is 5.11 Å². The van der Waals surface area contributed by atoms with Crippen LogP contribution in [-0.2, 0) is 6.54 Å². The van der Waals surface area contributed by atoms with Crippen LogP contribution in [-0.4, -0.2) is 16.6 Å². The van der Waals surface area contributed by atoms with Crippen molar-refractivity contribution in [3.8, 4) is 11.8 Å². The zero-order valence-electron chi connectivity index (χ0n) is 16.5. The topological polar surface area (TPSA) is 23.5 Å². The van der Waals surface area contributed by atoms with Crippen LogP contribution in [0.3, 0.4) is 0 Å². The number of allylic oxidation sites excluding steroid dienone is 4. The summed E-state index contributed by atoms with van der Waals surface area (Å²) in [6.07, 6.45) is 9.20. The van der Waals surface area contributed by atoms with Crippen LogP contribution < -0.4 is 0 Å². The summed E-state index contributed by atoms with van der Waals surface area (Å²) in [5.41, 5.74) is 4.31. The van der Waals surface area contributed by atoms with Gasteiger partial charge in [-0.25, -0.2) is 0 Å². The first-order chi connectivity index (χ1) is 12.3. The van der Waals surface area contributed by atoms with Gasteiger partial charge in [0, 0.05) is 29.8 Å². The molecule has 0 bridgehead atoms. The Morgan fingerprint density at radius 1 is 1.12 bits per heavy atom. The number of fused-ring (bicyclic) bond motifs is 1. The molecule has 0 radical (unpaired) electrons. The SMILES string of the molecule is CC.CC.CCCN1Cc2ccc(C#CC3=CCCC=C3)cc2C1O. The summed E-state index contributed by atoms with van der Waals surface area (Å²) in [4.78, 5) is 2.11. The maximum atomic E-state index is 10.4. The Hall–Kier alpha value is -1.82. The summed E-state index contributed by atoms with van der Waals surface area (Å²) in [7, 11) is 0. The van der Waals surface area contributed by atoms with Gasteiger partial charge in [-0.1, -0.05) is 70.8 Å². The minimum absolute atomic E-state index is 0.476. The molecule has 136 valence electrons. The van der Waals surface area contributed by atoms with E-state index < -0.39 is 6.23 Å². The average Bonchev–Trinajstić information content (AvgIpc) is 3.00. The fourth-order valence-electron chi connectivity index (χ4n) is 2.90. The van der Waals surface area contributed by atoms with Crippen LogP contribution in [0.2, 0.25) is 0 Å². The number of hydrogen-bond acceptors (Lipinski definition) is 2. The fraction of sp³-hybridized carbons (Fsp3) is 0.478. The molecule has 1 aliphatic heterocycles. The first-order valence-electron chi connectivity index (χ1n) is 9.71. The van der Waals surface area contributed by atoms with Crippen molar-refractivity contribution in [1.82, 2.24) is 4.90 Å². The molecule has 1 unspecified atom stereocenters. The standard InChI is InChI=1S/C19H21NO.2C2H6/c1-2-12-20-14-17-11-10-16(13-18(17)19(20)21)9-8-15-6-4-3-5-7-15;2*1-2/h4,6-7,10-11,13,19,21H,2-3,5,12,14H2,1H3;2*1-2H3. The van der Waals surface area contributed by atoms with Crippen molar-refractivity contribution in [3.05, 3.63) is 58.7 Å². The van der Waals surface area contributed by atoms with E-state index in [1.165, 1.54) is 5.56 Å². The molecule has 1 aromatic carbocycles. The highest BCUT2D eigenvalue weighted by Crippen LogP contribution is 2.32. The number of nitrogens with zero attached hydrogens (tertiary/aromatic N) is 1. The third-order valence-corrected chi connectivity index (χ3v) is 4.00. The molecule has 0 saturated carbocycles. The molecule has 0 spiro atoms. The highest BCUT2D eigenvalue weighted by molar-refractivity contribution is 5.48. The molecule has 2 nitrogen and oxygen atoms in total. The molecular formula is C23H33NO. The Morgan fingerprint density at radius 2 is 1.88 bits per heavy atom. The van der Waals surface area contributed by atoms with Crippen molar-refractivity contribution in [2.45, 2.75) is 66.7 Å². The molecule has 1 aliphatic carbocycles. The highest BCUT2D eigenvalue weighted by atomic mass is 16.3. The molecule has 0 saturated heterocycles. The van der Waals surface area contributed by atoms with E-state index >= 15 is 0 Å². The molecule has 0 fully saturated rings. The monoisotopic (exact) mass is 339 g/mol. The lowest BCUT2D eigenvalue weighted by Crippen LogP contribution is -2.22. The second kappa shape index (κ2) is 11.7. The lowest BCUT2D eigenvalue weighted by atomic mass is 10.0. The molecule has 0 amide bonds. The fourth-order valence-corrected chi connectivity index (χ4v) is 2.90. The number of aliphatic hydroxyl groups is 1. The number of benzene rings is 1. The zero-order chi connectivity index (χ0) is 18.7. The van der Waals surface area contributed by atoms with Crippen molar-refractivity contribution in [1.29, 1.82) is 0 Å². The molecular weight excluding hydrogens is 306 g/mol. The quantitative estimate of drug-likeness (QED) is 0.711. The smallest absolute Gasteiger partial charge is 0.134 e. The molecule has 1 N–H and O–H groups in total. The van der Waals surface area contributed by atoms with E-state index in [1.54, 1.807) is 0 Å². The largest absolute Gasteiger partial charge is 0.374 e. The summed E-state index contributed by atoms with van der Waals surface area (Å²) in [6.45, 7) is 11.9. The third kappa shape index (κ3) is 5.88. The molecule has 1 aromatic rings. The van der Waals surface area contributed by atoms with Crippen LogP contribution in [0.4, 0.5) is 0 Å². The van der Waals surface area contributed by atoms with Gasteiger partial charge >= 0.3 is 0 Å². The van der Waals surface area contributed by atoms with Crippen molar-refractivity contribution >= 4 is 0 Å². The van der Waals surface area contributed by atoms with Crippen LogP contribution in [0.5, 0.6) is 0 Å². The van der Waals surface area contributed by atoms with Gasteiger partial charge in [0.05, 0.1) is 0 Å². The normalized spacial score (nSPS) is 17.8. The maximum absolute atomic E-state index is 10.4. The Bertz CT molecular complexity index is 646. The van der Waals surface area contributed by atoms with E-state index in [0.29, 0.717) is 0 Å². The van der Waals surface area contributed by atoms with E-state index in [-0.39, 0.29) is 0 Å². The highest BCUT2D eigenvalue weighted by Gasteiger charge is 2.27. The van der Waals surface area contributed by atoms with Crippen molar-refractivity contribution in [3.63, 3.8) is 0 Å². The van der Waals surface area contributed by atoms with Gasteiger partial charge in [-0.15, -0.1) is 0 Å². The van der Waals surface area contributed by atoms with Gasteiger partial charge in [0.2, 0.25) is 0 Å². The summed E-state index contributed by atoms with van der Waals surface area (Å²) >= 11 is 0. The van der Waals surface area contributed by atoms with Gasteiger partial charge in [-0.2, -0.15) is 0 Å². The van der Waals surface area contributed by atoms with E-state index in [1.807, 2.05) is 33.8 Å². The zero-order valence-corrected chi connectivity index (χ0v) is 16.5. The minimum atomic E-state index is -0.476. The van der Waals surface area contributed by atoms with Gasteiger partial charge < -0.3 is 5.11 Å². The van der Waals surface area contributed by atoms with Crippen molar-refractivity contribution < 1.29 is 5.11 Å². The summed E-state index contributed by atoms with van der Waals surface area (Å²) in [5.74, 6) is 6.42. The Morgan fingerprint density at radius 3 is 2.52 bits per heavy atom. The van der Waals surface area contributed by atoms with Crippen LogP contribution in [0.1, 0.15) is 76.8 Å². The van der Waals surface area contributed by atoms with Crippen molar-refractivity contribution in [2.75, 3.05) is 6.54 Å². The summed E-state index contributed by atoms with van der Waals surface area (Å²) in [6, 6.07) is 6.19. The second-order valence-electron chi connectivity index (χ2n) is 5.65. The molecule has 25 heavy (non-hydrogen) atoms. The van der Waals surface area contributed by atoms with Crippen molar-refractivity contribution in [2.24, 2.45) is 0 Å². The lowest BCUT2D eigenvalue weighted by Gasteiger charge is -2.18. The van der Waals surface area contributed by atoms with E-state index in [2.05, 4.69) is 54.0 Å². The minimum Gasteiger partial charge on any atom is -0.374 e. The summed E-state index contributed by atoms with van der Waals surface area (Å²) in [5, 5.41) is 10.4. The van der Waals surface area contributed by atoms with Crippen LogP contribution in [0.15, 0.2) is 42.0 Å². The van der Waals surface area contributed by atoms with E-state index in [0.717, 1.165) is 49.1 Å². The van der Waals surface area contributed by atoms with Gasteiger partial charge in [0.1, 0.15) is 6.23 Å². The van der Waals surface area contributed by atoms with Gasteiger partial charge in [0.25, 0.3) is 0 Å². The summed E-state index contributed by atoms with van der Waals surface area (Å²) < 4.78 is 0. The molecule has 1 atom stereocenters.